The molecule has 0 bridgehead atoms. The Balaban J connectivity index is 2.70. The molecule has 0 unspecified atom stereocenters. The van der Waals surface area contributed by atoms with E-state index in [0.717, 1.165) is 0 Å². The lowest BCUT2D eigenvalue weighted by atomic mass is 10.0. The van der Waals surface area contributed by atoms with Crippen LogP contribution in [0.1, 0.15) is 11.1 Å². The lowest BCUT2D eigenvalue weighted by Gasteiger charge is -2.08. The summed E-state index contributed by atoms with van der Waals surface area (Å²) >= 11 is 0. The highest BCUT2D eigenvalue weighted by molar-refractivity contribution is 6.10. The molecule has 0 nitrogen and oxygen atoms in total. The minimum atomic E-state index is -2.19. The first kappa shape index (κ1) is 12.0. The molecule has 3 rings (SSSR count). The molecule has 19 heavy (non-hydrogen) atoms. The molecule has 7 heteroatoms. The van der Waals surface area contributed by atoms with Gasteiger partial charge in [0.2, 0.25) is 0 Å². The molecule has 0 amide bonds. The van der Waals surface area contributed by atoms with Crippen molar-refractivity contribution in [3.63, 3.8) is 0 Å². The smallest absolute Gasteiger partial charge is 0.195 e. The van der Waals surface area contributed by atoms with Gasteiger partial charge in [0.25, 0.3) is 0 Å². The monoisotopic (exact) mass is 278 g/mol. The molecule has 2 aromatic carbocycles. The van der Waals surface area contributed by atoms with Gasteiger partial charge in [0.05, 0.1) is 10.9 Å². The largest absolute Gasteiger partial charge is 0.204 e. The summed E-state index contributed by atoms with van der Waals surface area (Å²) in [6.45, 7) is 0. The second-order valence-corrected chi connectivity index (χ2v) is 3.91. The Kier molecular flexibility index (Phi) is 2.21. The quantitative estimate of drug-likeness (QED) is 0.487. The van der Waals surface area contributed by atoms with Crippen LogP contribution in [-0.4, -0.2) is 0 Å². The van der Waals surface area contributed by atoms with Crippen LogP contribution in [0.2, 0.25) is 0 Å². The third-order valence-electron chi connectivity index (χ3n) is 2.94. The van der Waals surface area contributed by atoms with Gasteiger partial charge in [-0.3, -0.25) is 0 Å². The van der Waals surface area contributed by atoms with Gasteiger partial charge < -0.3 is 0 Å². The van der Waals surface area contributed by atoms with E-state index >= 15 is 0 Å². The molecule has 0 atom stereocenters. The summed E-state index contributed by atoms with van der Waals surface area (Å²) < 4.78 is 93.6. The van der Waals surface area contributed by atoms with Crippen LogP contribution in [-0.2, 0) is 0 Å². The minimum Gasteiger partial charge on any atom is -0.204 e. The predicted molar refractivity (Wildman–Crippen MR) is 52.8 cm³/mol. The van der Waals surface area contributed by atoms with E-state index in [9.17, 15) is 30.7 Å². The van der Waals surface area contributed by atoms with E-state index in [1.165, 1.54) is 0 Å². The lowest BCUT2D eigenvalue weighted by Crippen LogP contribution is -2.01. The van der Waals surface area contributed by atoms with Crippen LogP contribution >= 0.6 is 0 Å². The minimum absolute atomic E-state index is 0.264. The van der Waals surface area contributed by atoms with Crippen molar-refractivity contribution < 1.29 is 30.7 Å². The van der Waals surface area contributed by atoms with Crippen LogP contribution in [0, 0.1) is 29.1 Å². The first-order valence-corrected chi connectivity index (χ1v) is 4.90. The molecule has 2 aromatic rings. The second kappa shape index (κ2) is 3.49. The van der Waals surface area contributed by atoms with Crippen molar-refractivity contribution in [3.05, 3.63) is 46.3 Å². The zero-order valence-corrected chi connectivity index (χ0v) is 8.72. The fraction of sp³-hybridized carbons (Fsp3) is 0. The van der Waals surface area contributed by atoms with E-state index < -0.39 is 62.6 Å². The van der Waals surface area contributed by atoms with Gasteiger partial charge in [-0.15, -0.1) is 0 Å². The molecular formula is C12HF7. The Hall–Kier alpha value is -2.05. The average molecular weight is 278 g/mol. The number of hydrogen-bond donors (Lipinski definition) is 0. The van der Waals surface area contributed by atoms with Gasteiger partial charge in [0.1, 0.15) is 0 Å². The molecular weight excluding hydrogens is 277 g/mol. The number of benzene rings is 2. The van der Waals surface area contributed by atoms with Crippen LogP contribution in [0.3, 0.4) is 0 Å². The van der Waals surface area contributed by atoms with Crippen LogP contribution in [0.4, 0.5) is 30.7 Å². The summed E-state index contributed by atoms with van der Waals surface area (Å²) in [6, 6.07) is 0.264. The Morgan fingerprint density at radius 3 is 1.84 bits per heavy atom. The van der Waals surface area contributed by atoms with Gasteiger partial charge in [-0.1, -0.05) is 0 Å². The Morgan fingerprint density at radius 2 is 1.21 bits per heavy atom. The van der Waals surface area contributed by atoms with Gasteiger partial charge in [-0.2, -0.15) is 0 Å². The first-order valence-electron chi connectivity index (χ1n) is 4.90. The summed E-state index contributed by atoms with van der Waals surface area (Å²) in [5.74, 6) is -13.2. The standard InChI is InChI=1S/C12HF7/c13-3-1-2-4-5(8(3)15)10(17)12(19)11(18)6(4)9(16)7(2)14/h1H. The third kappa shape index (κ3) is 1.24. The fourth-order valence-electron chi connectivity index (χ4n) is 2.12. The van der Waals surface area contributed by atoms with E-state index in [1.807, 2.05) is 0 Å². The van der Waals surface area contributed by atoms with E-state index in [0.29, 0.717) is 0 Å². The van der Waals surface area contributed by atoms with Crippen molar-refractivity contribution in [1.29, 1.82) is 0 Å². The summed E-state index contributed by atoms with van der Waals surface area (Å²) in [4.78, 5) is 0. The molecule has 0 aliphatic heterocycles. The molecule has 0 N–H and O–H groups in total. The fourth-order valence-corrected chi connectivity index (χ4v) is 2.12. The summed E-state index contributed by atoms with van der Waals surface area (Å²) in [6.07, 6.45) is 0. The summed E-state index contributed by atoms with van der Waals surface area (Å²) in [5.41, 5.74) is -2.08. The van der Waals surface area contributed by atoms with Crippen molar-refractivity contribution in [2.75, 3.05) is 0 Å². The van der Waals surface area contributed by atoms with Crippen molar-refractivity contribution in [1.82, 2.24) is 0 Å². The van der Waals surface area contributed by atoms with Crippen molar-refractivity contribution in [2.24, 2.45) is 0 Å². The Bertz CT molecular complexity index is 789. The van der Waals surface area contributed by atoms with Gasteiger partial charge >= 0.3 is 0 Å². The van der Waals surface area contributed by atoms with Crippen molar-refractivity contribution >= 4 is 22.4 Å². The highest BCUT2D eigenvalue weighted by atomic mass is 19.2. The lowest BCUT2D eigenvalue weighted by molar-refractivity contribution is 0.446. The predicted octanol–water partition coefficient (Wildman–Crippen LogP) is 4.61. The maximum absolute atomic E-state index is 13.5. The molecule has 0 radical (unpaired) electrons. The van der Waals surface area contributed by atoms with Gasteiger partial charge in [-0.05, 0) is 6.07 Å². The Labute approximate surface area is 100 Å². The highest BCUT2D eigenvalue weighted by Crippen LogP contribution is 2.47. The van der Waals surface area contributed by atoms with Gasteiger partial charge in [0, 0.05) is 10.9 Å². The number of halogens is 7. The van der Waals surface area contributed by atoms with Crippen LogP contribution < -0.4 is 0 Å². The Morgan fingerprint density at radius 1 is 0.579 bits per heavy atom. The summed E-state index contributed by atoms with van der Waals surface area (Å²) in [5, 5.41) is -2.17. The summed E-state index contributed by atoms with van der Waals surface area (Å²) in [7, 11) is 0. The zero-order valence-electron chi connectivity index (χ0n) is 8.72. The highest BCUT2D eigenvalue weighted by Gasteiger charge is 2.35. The normalized spacial score (nSPS) is 13.8. The third-order valence-corrected chi connectivity index (χ3v) is 2.94. The molecule has 0 saturated heterocycles. The van der Waals surface area contributed by atoms with E-state index in [2.05, 4.69) is 0 Å². The van der Waals surface area contributed by atoms with Crippen LogP contribution in [0.5, 0.6) is 0 Å². The molecule has 0 heterocycles. The van der Waals surface area contributed by atoms with E-state index in [4.69, 9.17) is 0 Å². The molecule has 0 fully saturated rings. The topological polar surface area (TPSA) is 0 Å². The first-order chi connectivity index (χ1) is 8.86. The van der Waals surface area contributed by atoms with Crippen molar-refractivity contribution in [3.8, 4) is 0 Å². The maximum atomic E-state index is 13.5. The van der Waals surface area contributed by atoms with E-state index in [-0.39, 0.29) is 6.07 Å². The van der Waals surface area contributed by atoms with Crippen LogP contribution in [0.15, 0.2) is 6.07 Å². The molecule has 1 aliphatic rings. The van der Waals surface area contributed by atoms with E-state index in [1.54, 1.807) is 0 Å². The molecule has 0 saturated carbocycles. The maximum Gasteiger partial charge on any atom is 0.195 e. The SMILES string of the molecule is FC1=C(F)c2c(F)c(F)c(F)c3c(F)c(F)cc1c23. The van der Waals surface area contributed by atoms with Gasteiger partial charge in [0.15, 0.2) is 40.7 Å². The van der Waals surface area contributed by atoms with Crippen LogP contribution in [0.25, 0.3) is 22.4 Å². The zero-order chi connectivity index (χ0) is 14.1. The average Bonchev–Trinajstić information content (AvgIpc) is 2.61. The molecule has 0 aromatic heterocycles. The number of rotatable bonds is 0. The number of hydrogen-bond acceptors (Lipinski definition) is 0. The van der Waals surface area contributed by atoms with Gasteiger partial charge in [-0.25, -0.2) is 30.7 Å². The second-order valence-electron chi connectivity index (χ2n) is 3.91. The van der Waals surface area contributed by atoms with Crippen molar-refractivity contribution in [2.45, 2.75) is 0 Å². The molecule has 98 valence electrons. The molecule has 1 aliphatic carbocycles. The molecule has 0 spiro atoms.